The lowest BCUT2D eigenvalue weighted by molar-refractivity contribution is 0.183. The lowest BCUT2D eigenvalue weighted by Crippen LogP contribution is -2.48. The number of piperazine rings is 1. The fourth-order valence-corrected chi connectivity index (χ4v) is 3.00. The Balaban J connectivity index is 1.72. The van der Waals surface area contributed by atoms with E-state index < -0.39 is 0 Å². The van der Waals surface area contributed by atoms with Crippen LogP contribution in [0.4, 0.5) is 0 Å². The fraction of sp³-hybridized carbons (Fsp3) is 0.562. The largest absolute Gasteiger partial charge is 0.342 e. The van der Waals surface area contributed by atoms with Gasteiger partial charge in [-0.15, -0.1) is 0 Å². The first-order valence-corrected chi connectivity index (χ1v) is 7.68. The minimum Gasteiger partial charge on any atom is -0.342 e. The van der Waals surface area contributed by atoms with Gasteiger partial charge in [-0.2, -0.15) is 0 Å². The van der Waals surface area contributed by atoms with Gasteiger partial charge in [0.1, 0.15) is 5.82 Å². The summed E-state index contributed by atoms with van der Waals surface area (Å²) in [5.41, 5.74) is 3.65. The van der Waals surface area contributed by atoms with Gasteiger partial charge >= 0.3 is 0 Å². The summed E-state index contributed by atoms with van der Waals surface area (Å²) in [6.07, 6.45) is 2.07. The maximum absolute atomic E-state index is 4.57. The van der Waals surface area contributed by atoms with Gasteiger partial charge in [0.15, 0.2) is 0 Å². The molecule has 1 atom stereocenters. The minimum atomic E-state index is 0.600. The van der Waals surface area contributed by atoms with Crippen LogP contribution in [0.1, 0.15) is 25.2 Å². The second-order valence-corrected chi connectivity index (χ2v) is 5.73. The van der Waals surface area contributed by atoms with E-state index in [1.807, 2.05) is 0 Å². The number of aromatic amines is 1. The Kier molecular flexibility index (Phi) is 4.03. The Morgan fingerprint density at radius 3 is 2.85 bits per heavy atom. The molecule has 108 valence electrons. The molecule has 2 N–H and O–H groups in total. The molecule has 2 heterocycles. The summed E-state index contributed by atoms with van der Waals surface area (Å²) in [6.45, 7) is 9.01. The van der Waals surface area contributed by atoms with Crippen molar-refractivity contribution in [2.75, 3.05) is 26.2 Å². The number of hydrogen-bond acceptors (Lipinski definition) is 3. The molecule has 0 saturated carbocycles. The number of aryl methyl sites for hydroxylation is 1. The summed E-state index contributed by atoms with van der Waals surface area (Å²) in [6, 6.07) is 7.23. The average molecular weight is 272 g/mol. The number of rotatable bonds is 4. The highest BCUT2D eigenvalue weighted by Gasteiger charge is 2.16. The molecule has 0 amide bonds. The van der Waals surface area contributed by atoms with E-state index in [0.717, 1.165) is 50.4 Å². The van der Waals surface area contributed by atoms with E-state index in [1.165, 1.54) is 11.1 Å². The van der Waals surface area contributed by atoms with Crippen LogP contribution in [0.5, 0.6) is 0 Å². The molecule has 0 radical (unpaired) electrons. The molecule has 0 aliphatic carbocycles. The Labute approximate surface area is 120 Å². The molecule has 1 saturated heterocycles. The first-order chi connectivity index (χ1) is 9.76. The van der Waals surface area contributed by atoms with Crippen LogP contribution in [-0.4, -0.2) is 47.1 Å². The van der Waals surface area contributed by atoms with E-state index in [9.17, 15) is 0 Å². The molecule has 0 bridgehead atoms. The molecule has 2 aromatic rings. The molecule has 20 heavy (non-hydrogen) atoms. The second kappa shape index (κ2) is 5.94. The second-order valence-electron chi connectivity index (χ2n) is 5.73. The fourth-order valence-electron chi connectivity index (χ4n) is 3.00. The van der Waals surface area contributed by atoms with Crippen LogP contribution < -0.4 is 5.32 Å². The van der Waals surface area contributed by atoms with Crippen LogP contribution in [0.2, 0.25) is 0 Å². The third-order valence-corrected chi connectivity index (χ3v) is 4.24. The summed E-state index contributed by atoms with van der Waals surface area (Å²) in [7, 11) is 0. The molecule has 1 aromatic heterocycles. The third-order valence-electron chi connectivity index (χ3n) is 4.24. The lowest BCUT2D eigenvalue weighted by Gasteiger charge is -2.32. The lowest BCUT2D eigenvalue weighted by atomic mass is 10.0. The SMILES string of the molecule is CCc1nc2ccc(CC(C)N3CCNCC3)cc2[nH]1. The minimum absolute atomic E-state index is 0.600. The highest BCUT2D eigenvalue weighted by molar-refractivity contribution is 5.75. The van der Waals surface area contributed by atoms with Gasteiger partial charge in [-0.3, -0.25) is 4.90 Å². The number of benzene rings is 1. The Bertz CT molecular complexity index is 569. The van der Waals surface area contributed by atoms with Crippen LogP contribution in [0, 0.1) is 0 Å². The third kappa shape index (κ3) is 2.86. The van der Waals surface area contributed by atoms with Crippen LogP contribution >= 0.6 is 0 Å². The summed E-state index contributed by atoms with van der Waals surface area (Å²) in [5.74, 6) is 1.08. The Morgan fingerprint density at radius 1 is 1.30 bits per heavy atom. The van der Waals surface area contributed by atoms with Gasteiger partial charge in [-0.25, -0.2) is 4.98 Å². The monoisotopic (exact) mass is 272 g/mol. The van der Waals surface area contributed by atoms with Gasteiger partial charge in [-0.05, 0) is 31.0 Å². The summed E-state index contributed by atoms with van der Waals surface area (Å²) >= 11 is 0. The van der Waals surface area contributed by atoms with Crippen molar-refractivity contribution in [3.05, 3.63) is 29.6 Å². The van der Waals surface area contributed by atoms with E-state index in [1.54, 1.807) is 0 Å². The van der Waals surface area contributed by atoms with Gasteiger partial charge in [0.05, 0.1) is 11.0 Å². The zero-order valence-corrected chi connectivity index (χ0v) is 12.4. The van der Waals surface area contributed by atoms with E-state index in [-0.39, 0.29) is 0 Å². The van der Waals surface area contributed by atoms with Gasteiger partial charge in [0.2, 0.25) is 0 Å². The molecule has 4 heteroatoms. The van der Waals surface area contributed by atoms with E-state index >= 15 is 0 Å². The highest BCUT2D eigenvalue weighted by Crippen LogP contribution is 2.17. The number of H-pyrrole nitrogens is 1. The smallest absolute Gasteiger partial charge is 0.106 e. The van der Waals surface area contributed by atoms with Gasteiger partial charge < -0.3 is 10.3 Å². The number of nitrogens with zero attached hydrogens (tertiary/aromatic N) is 2. The predicted octanol–water partition coefficient (Wildman–Crippen LogP) is 1.96. The first kappa shape index (κ1) is 13.6. The van der Waals surface area contributed by atoms with Crippen LogP contribution in [0.15, 0.2) is 18.2 Å². The van der Waals surface area contributed by atoms with Gasteiger partial charge in [-0.1, -0.05) is 13.0 Å². The highest BCUT2D eigenvalue weighted by atomic mass is 15.2. The van der Waals surface area contributed by atoms with Gasteiger partial charge in [0.25, 0.3) is 0 Å². The van der Waals surface area contributed by atoms with Crippen LogP contribution in [0.3, 0.4) is 0 Å². The van der Waals surface area contributed by atoms with Crippen molar-refractivity contribution in [1.82, 2.24) is 20.2 Å². The van der Waals surface area contributed by atoms with E-state index in [4.69, 9.17) is 0 Å². The molecule has 1 unspecified atom stereocenters. The number of imidazole rings is 1. The van der Waals surface area contributed by atoms with Crippen molar-refractivity contribution in [1.29, 1.82) is 0 Å². The molecule has 0 spiro atoms. The molecule has 3 rings (SSSR count). The molecule has 1 aromatic carbocycles. The number of hydrogen-bond donors (Lipinski definition) is 2. The first-order valence-electron chi connectivity index (χ1n) is 7.68. The van der Waals surface area contributed by atoms with Crippen molar-refractivity contribution >= 4 is 11.0 Å². The Hall–Kier alpha value is -1.39. The standard InChI is InChI=1S/C16H24N4/c1-3-16-18-14-5-4-13(11-15(14)19-16)10-12(2)20-8-6-17-7-9-20/h4-5,11-12,17H,3,6-10H2,1-2H3,(H,18,19). The predicted molar refractivity (Wildman–Crippen MR) is 83.1 cm³/mol. The zero-order valence-electron chi connectivity index (χ0n) is 12.4. The molecule has 1 fully saturated rings. The topological polar surface area (TPSA) is 44.0 Å². The van der Waals surface area contributed by atoms with Gasteiger partial charge in [0, 0.05) is 38.6 Å². The number of fused-ring (bicyclic) bond motifs is 1. The normalized spacial score (nSPS) is 18.5. The number of aromatic nitrogens is 2. The van der Waals surface area contributed by atoms with Crippen molar-refractivity contribution < 1.29 is 0 Å². The van der Waals surface area contributed by atoms with Crippen molar-refractivity contribution in [3.63, 3.8) is 0 Å². The molecular formula is C16H24N4. The Morgan fingerprint density at radius 2 is 2.10 bits per heavy atom. The summed E-state index contributed by atoms with van der Waals surface area (Å²) in [4.78, 5) is 10.5. The molecule has 1 aliphatic rings. The van der Waals surface area contributed by atoms with Crippen LogP contribution in [-0.2, 0) is 12.8 Å². The molecular weight excluding hydrogens is 248 g/mol. The average Bonchev–Trinajstić information content (AvgIpc) is 2.90. The summed E-state index contributed by atoms with van der Waals surface area (Å²) < 4.78 is 0. The molecule has 1 aliphatic heterocycles. The van der Waals surface area contributed by atoms with Crippen molar-refractivity contribution in [2.24, 2.45) is 0 Å². The maximum atomic E-state index is 4.57. The molecule has 4 nitrogen and oxygen atoms in total. The maximum Gasteiger partial charge on any atom is 0.106 e. The van der Waals surface area contributed by atoms with Crippen molar-refractivity contribution in [3.8, 4) is 0 Å². The zero-order chi connectivity index (χ0) is 13.9. The van der Waals surface area contributed by atoms with E-state index in [2.05, 4.69) is 52.2 Å². The van der Waals surface area contributed by atoms with Crippen molar-refractivity contribution in [2.45, 2.75) is 32.7 Å². The quantitative estimate of drug-likeness (QED) is 0.894. The number of nitrogens with one attached hydrogen (secondary N) is 2. The van der Waals surface area contributed by atoms with Crippen LogP contribution in [0.25, 0.3) is 11.0 Å². The summed E-state index contributed by atoms with van der Waals surface area (Å²) in [5, 5.41) is 3.41. The van der Waals surface area contributed by atoms with E-state index in [0.29, 0.717) is 6.04 Å².